The molecule has 2 unspecified atom stereocenters. The predicted molar refractivity (Wildman–Crippen MR) is 83.7 cm³/mol. The van der Waals surface area contributed by atoms with Crippen molar-refractivity contribution in [1.29, 1.82) is 0 Å². The van der Waals surface area contributed by atoms with Gasteiger partial charge in [-0.2, -0.15) is 0 Å². The van der Waals surface area contributed by atoms with Crippen LogP contribution in [0.2, 0.25) is 0 Å². The van der Waals surface area contributed by atoms with E-state index in [1.807, 2.05) is 0 Å². The molecule has 0 heterocycles. The van der Waals surface area contributed by atoms with Gasteiger partial charge in [-0.05, 0) is 54.7 Å². The van der Waals surface area contributed by atoms with Gasteiger partial charge in [0.05, 0.1) is 0 Å². The first-order valence-electron chi connectivity index (χ1n) is 7.81. The molecule has 0 fully saturated rings. The molecule has 1 aliphatic carbocycles. The second-order valence-corrected chi connectivity index (χ2v) is 7.25. The summed E-state index contributed by atoms with van der Waals surface area (Å²) in [5.74, 6) is 0.785. The van der Waals surface area contributed by atoms with E-state index in [9.17, 15) is 0 Å². The zero-order chi connectivity index (χ0) is 13.9. The first kappa shape index (κ1) is 14.6. The van der Waals surface area contributed by atoms with Crippen LogP contribution in [0.15, 0.2) is 24.3 Å². The molecule has 1 aromatic rings. The van der Waals surface area contributed by atoms with Gasteiger partial charge in [0, 0.05) is 6.04 Å². The fourth-order valence-corrected chi connectivity index (χ4v) is 3.24. The van der Waals surface area contributed by atoms with E-state index in [-0.39, 0.29) is 0 Å². The van der Waals surface area contributed by atoms with Crippen molar-refractivity contribution < 1.29 is 0 Å². The number of nitrogens with one attached hydrogen (secondary N) is 1. The molecule has 0 saturated heterocycles. The van der Waals surface area contributed by atoms with Gasteiger partial charge >= 0.3 is 0 Å². The van der Waals surface area contributed by atoms with Crippen LogP contribution in [-0.4, -0.2) is 12.6 Å². The van der Waals surface area contributed by atoms with Gasteiger partial charge in [-0.1, -0.05) is 52.0 Å². The van der Waals surface area contributed by atoms with E-state index < -0.39 is 0 Å². The van der Waals surface area contributed by atoms with Gasteiger partial charge in [0.2, 0.25) is 0 Å². The maximum absolute atomic E-state index is 3.76. The second kappa shape index (κ2) is 6.09. The lowest BCUT2D eigenvalue weighted by Crippen LogP contribution is -2.36. The lowest BCUT2D eigenvalue weighted by atomic mass is 9.73. The molecule has 1 N–H and O–H groups in total. The van der Waals surface area contributed by atoms with Gasteiger partial charge in [0.15, 0.2) is 0 Å². The molecule has 2 rings (SSSR count). The number of fused-ring (bicyclic) bond motifs is 1. The van der Waals surface area contributed by atoms with E-state index >= 15 is 0 Å². The smallest absolute Gasteiger partial charge is 0.00779 e. The Labute approximate surface area is 118 Å². The van der Waals surface area contributed by atoms with Crippen molar-refractivity contribution in [2.75, 3.05) is 6.54 Å². The summed E-state index contributed by atoms with van der Waals surface area (Å²) in [6, 6.07) is 9.61. The predicted octanol–water partition coefficient (Wildman–Crippen LogP) is 4.52. The third-order valence-electron chi connectivity index (χ3n) is 4.07. The zero-order valence-corrected chi connectivity index (χ0v) is 13.0. The highest BCUT2D eigenvalue weighted by Gasteiger charge is 2.29. The van der Waals surface area contributed by atoms with E-state index in [0.29, 0.717) is 11.5 Å². The molecule has 1 heteroatoms. The molecule has 106 valence electrons. The largest absolute Gasteiger partial charge is 0.314 e. The Hall–Kier alpha value is -0.820. The van der Waals surface area contributed by atoms with Crippen LogP contribution in [0.3, 0.4) is 0 Å². The summed E-state index contributed by atoms with van der Waals surface area (Å²) in [5, 5.41) is 3.76. The molecular formula is C18H29N. The van der Waals surface area contributed by atoms with E-state index in [4.69, 9.17) is 0 Å². The van der Waals surface area contributed by atoms with Crippen molar-refractivity contribution in [3.63, 3.8) is 0 Å². The lowest BCUT2D eigenvalue weighted by molar-refractivity contribution is 0.283. The molecule has 0 radical (unpaired) electrons. The number of hydrogen-bond acceptors (Lipinski definition) is 1. The van der Waals surface area contributed by atoms with Crippen molar-refractivity contribution in [3.8, 4) is 0 Å². The highest BCUT2D eigenvalue weighted by molar-refractivity contribution is 5.39. The average molecular weight is 259 g/mol. The molecule has 1 nitrogen and oxygen atoms in total. The Morgan fingerprint density at radius 3 is 2.63 bits per heavy atom. The maximum atomic E-state index is 3.76. The van der Waals surface area contributed by atoms with Crippen molar-refractivity contribution in [1.82, 2.24) is 5.32 Å². The van der Waals surface area contributed by atoms with Gasteiger partial charge in [-0.25, -0.2) is 0 Å². The molecule has 0 saturated carbocycles. The Morgan fingerprint density at radius 1 is 1.26 bits per heavy atom. The van der Waals surface area contributed by atoms with Crippen LogP contribution in [0.5, 0.6) is 0 Å². The minimum atomic E-state index is 0.411. The Morgan fingerprint density at radius 2 is 2.00 bits per heavy atom. The summed E-state index contributed by atoms with van der Waals surface area (Å²) in [7, 11) is 0. The minimum Gasteiger partial charge on any atom is -0.314 e. The third kappa shape index (κ3) is 4.07. The summed E-state index contributed by atoms with van der Waals surface area (Å²) in [6.07, 6.45) is 5.08. The third-order valence-corrected chi connectivity index (χ3v) is 4.07. The van der Waals surface area contributed by atoms with Crippen molar-refractivity contribution in [2.45, 2.75) is 65.3 Å². The SMILES string of the molecule is CCCNC(CC1Cc2ccccc21)CC(C)(C)C. The van der Waals surface area contributed by atoms with Gasteiger partial charge in [0.25, 0.3) is 0 Å². The van der Waals surface area contributed by atoms with Crippen molar-refractivity contribution in [3.05, 3.63) is 35.4 Å². The molecule has 0 aromatic heterocycles. The van der Waals surface area contributed by atoms with E-state index in [1.165, 1.54) is 25.7 Å². The standard InChI is InChI=1S/C18H29N/c1-5-10-19-16(13-18(2,3)4)12-15-11-14-8-6-7-9-17(14)15/h6-9,15-16,19H,5,10-13H2,1-4H3. The van der Waals surface area contributed by atoms with E-state index in [1.54, 1.807) is 11.1 Å². The van der Waals surface area contributed by atoms with Crippen LogP contribution >= 0.6 is 0 Å². The van der Waals surface area contributed by atoms with Crippen LogP contribution in [-0.2, 0) is 6.42 Å². The minimum absolute atomic E-state index is 0.411. The van der Waals surface area contributed by atoms with Crippen LogP contribution in [0.25, 0.3) is 0 Å². The Balaban J connectivity index is 1.94. The first-order valence-corrected chi connectivity index (χ1v) is 7.81. The summed E-state index contributed by atoms with van der Waals surface area (Å²) in [6.45, 7) is 10.4. The first-order chi connectivity index (χ1) is 8.99. The molecule has 1 aromatic carbocycles. The van der Waals surface area contributed by atoms with E-state index in [2.05, 4.69) is 57.3 Å². The average Bonchev–Trinajstić information content (AvgIpc) is 2.31. The molecular weight excluding hydrogens is 230 g/mol. The fourth-order valence-electron chi connectivity index (χ4n) is 3.24. The van der Waals surface area contributed by atoms with Gasteiger partial charge in [-0.3, -0.25) is 0 Å². The fraction of sp³-hybridized carbons (Fsp3) is 0.667. The van der Waals surface area contributed by atoms with Gasteiger partial charge in [-0.15, -0.1) is 0 Å². The molecule has 0 aliphatic heterocycles. The summed E-state index contributed by atoms with van der Waals surface area (Å²) in [5.41, 5.74) is 3.58. The lowest BCUT2D eigenvalue weighted by Gasteiger charge is -2.35. The Kier molecular flexibility index (Phi) is 4.67. The van der Waals surface area contributed by atoms with E-state index in [0.717, 1.165) is 12.5 Å². The van der Waals surface area contributed by atoms with Crippen molar-refractivity contribution in [2.24, 2.45) is 5.41 Å². The second-order valence-electron chi connectivity index (χ2n) is 7.25. The highest BCUT2D eigenvalue weighted by atomic mass is 14.9. The van der Waals surface area contributed by atoms with Crippen LogP contribution in [0.4, 0.5) is 0 Å². The number of rotatable bonds is 6. The number of hydrogen-bond donors (Lipinski definition) is 1. The van der Waals surface area contributed by atoms with Crippen LogP contribution < -0.4 is 5.32 Å². The summed E-state index contributed by atoms with van der Waals surface area (Å²) in [4.78, 5) is 0. The van der Waals surface area contributed by atoms with Crippen molar-refractivity contribution >= 4 is 0 Å². The monoisotopic (exact) mass is 259 g/mol. The molecule has 2 atom stereocenters. The molecule has 19 heavy (non-hydrogen) atoms. The zero-order valence-electron chi connectivity index (χ0n) is 13.0. The topological polar surface area (TPSA) is 12.0 Å². The normalized spacial score (nSPS) is 19.7. The van der Waals surface area contributed by atoms with Gasteiger partial charge in [0.1, 0.15) is 0 Å². The molecule has 0 bridgehead atoms. The van der Waals surface area contributed by atoms with Crippen LogP contribution in [0, 0.1) is 5.41 Å². The molecule has 1 aliphatic rings. The highest BCUT2D eigenvalue weighted by Crippen LogP contribution is 2.39. The molecule has 0 amide bonds. The van der Waals surface area contributed by atoms with Crippen LogP contribution in [0.1, 0.15) is 64.0 Å². The summed E-state index contributed by atoms with van der Waals surface area (Å²) >= 11 is 0. The Bertz CT molecular complexity index is 402. The van der Waals surface area contributed by atoms with Gasteiger partial charge < -0.3 is 5.32 Å². The quantitative estimate of drug-likeness (QED) is 0.792. The maximum Gasteiger partial charge on any atom is 0.00779 e. The number of benzene rings is 1. The molecule has 0 spiro atoms. The summed E-state index contributed by atoms with van der Waals surface area (Å²) < 4.78 is 0.